The normalized spacial score (nSPS) is 27.2. The molecule has 1 saturated heterocycles. The number of amides is 2. The van der Waals surface area contributed by atoms with Crippen LogP contribution in [-0.4, -0.2) is 34.3 Å². The number of allylic oxidation sites excluding steroid dienone is 4. The number of rotatable bonds is 5. The fourth-order valence-electron chi connectivity index (χ4n) is 9.21. The zero-order valence-corrected chi connectivity index (χ0v) is 27.7. The molecule has 4 aromatic rings. The minimum absolute atomic E-state index is 0.115. The molecule has 1 heterocycles. The predicted molar refractivity (Wildman–Crippen MR) is 188 cm³/mol. The molecule has 50 heavy (non-hydrogen) atoms. The minimum atomic E-state index is -1.33. The van der Waals surface area contributed by atoms with Crippen LogP contribution in [0.15, 0.2) is 121 Å². The summed E-state index contributed by atoms with van der Waals surface area (Å²) in [5.74, 6) is -4.37. The van der Waals surface area contributed by atoms with Gasteiger partial charge in [0.2, 0.25) is 11.8 Å². The van der Waals surface area contributed by atoms with Crippen molar-refractivity contribution in [2.45, 2.75) is 38.0 Å². The second-order valence-electron chi connectivity index (χ2n) is 13.9. The van der Waals surface area contributed by atoms with E-state index in [2.05, 4.69) is 0 Å². The third kappa shape index (κ3) is 4.53. The van der Waals surface area contributed by atoms with Crippen molar-refractivity contribution in [3.05, 3.63) is 149 Å². The lowest BCUT2D eigenvalue weighted by atomic mass is 9.44. The first-order valence-electron chi connectivity index (χ1n) is 17.0. The molecule has 0 spiro atoms. The largest absolute Gasteiger partial charge is 0.508 e. The van der Waals surface area contributed by atoms with Gasteiger partial charge in [0.1, 0.15) is 5.75 Å². The van der Waals surface area contributed by atoms with Gasteiger partial charge in [-0.3, -0.25) is 28.9 Å². The van der Waals surface area contributed by atoms with Gasteiger partial charge in [0, 0.05) is 23.0 Å². The molecule has 0 unspecified atom stereocenters. The number of carbonyl (C=O) groups excluding carboxylic acids is 5. The number of ketones is 3. The Bertz CT molecular complexity index is 2170. The molecule has 0 bridgehead atoms. The van der Waals surface area contributed by atoms with Crippen molar-refractivity contribution >= 4 is 40.4 Å². The van der Waals surface area contributed by atoms with Gasteiger partial charge in [-0.2, -0.15) is 0 Å². The summed E-state index contributed by atoms with van der Waals surface area (Å²) in [6.45, 7) is 3.26. The summed E-state index contributed by atoms with van der Waals surface area (Å²) in [6.07, 6.45) is 4.05. The van der Waals surface area contributed by atoms with E-state index in [4.69, 9.17) is 0 Å². The fraction of sp³-hybridized carbons (Fsp3) is 0.233. The molecule has 4 aliphatic rings. The molecule has 248 valence electrons. The maximum atomic E-state index is 15.1. The summed E-state index contributed by atoms with van der Waals surface area (Å²) in [5, 5.41) is 10.6. The fourth-order valence-corrected chi connectivity index (χ4v) is 9.21. The molecule has 2 fully saturated rings. The van der Waals surface area contributed by atoms with E-state index in [1.54, 1.807) is 37.3 Å². The highest BCUT2D eigenvalue weighted by molar-refractivity contribution is 6.32. The summed E-state index contributed by atoms with van der Waals surface area (Å²) >= 11 is 0. The molecule has 7 heteroatoms. The number of hydrogen-bond acceptors (Lipinski definition) is 6. The Labute approximate surface area is 289 Å². The lowest BCUT2D eigenvalue weighted by Crippen LogP contribution is -2.58. The molecule has 1 N–H and O–H groups in total. The van der Waals surface area contributed by atoms with Crippen molar-refractivity contribution in [2.24, 2.45) is 23.7 Å². The third-order valence-electron chi connectivity index (χ3n) is 11.5. The Hall–Kier alpha value is -5.69. The number of Topliss-reactive ketones (excluding diaryl/α,β-unsaturated/α-hetero) is 2. The highest BCUT2D eigenvalue weighted by Crippen LogP contribution is 2.63. The Morgan fingerprint density at radius 1 is 0.820 bits per heavy atom. The number of imide groups is 1. The smallest absolute Gasteiger partial charge is 0.238 e. The van der Waals surface area contributed by atoms with Crippen LogP contribution in [0.25, 0.3) is 5.57 Å². The Balaban J connectivity index is 1.33. The van der Waals surface area contributed by atoms with Gasteiger partial charge in [-0.25, -0.2) is 0 Å². The van der Waals surface area contributed by atoms with Gasteiger partial charge < -0.3 is 5.11 Å². The van der Waals surface area contributed by atoms with Gasteiger partial charge in [0.05, 0.1) is 22.9 Å². The number of phenols is 1. The van der Waals surface area contributed by atoms with Gasteiger partial charge in [0.15, 0.2) is 17.3 Å². The summed E-state index contributed by atoms with van der Waals surface area (Å²) in [5.41, 5.74) is 3.51. The number of hydrogen-bond donors (Lipinski definition) is 1. The van der Waals surface area contributed by atoms with Crippen LogP contribution < -0.4 is 4.90 Å². The number of anilines is 1. The van der Waals surface area contributed by atoms with E-state index in [1.807, 2.05) is 78.9 Å². The van der Waals surface area contributed by atoms with Gasteiger partial charge >= 0.3 is 0 Å². The lowest BCUT2D eigenvalue weighted by molar-refractivity contribution is -0.135. The molecule has 4 aromatic carbocycles. The average molecular weight is 662 g/mol. The molecule has 6 atom stereocenters. The molecule has 3 aliphatic carbocycles. The lowest BCUT2D eigenvalue weighted by Gasteiger charge is -2.55. The number of aromatic hydroxyl groups is 1. The highest BCUT2D eigenvalue weighted by atomic mass is 16.3. The molecule has 7 nitrogen and oxygen atoms in total. The minimum Gasteiger partial charge on any atom is -0.508 e. The molecular weight excluding hydrogens is 626 g/mol. The summed E-state index contributed by atoms with van der Waals surface area (Å²) in [4.78, 5) is 71.8. The molecule has 0 aromatic heterocycles. The van der Waals surface area contributed by atoms with Crippen LogP contribution in [0.1, 0.15) is 58.3 Å². The van der Waals surface area contributed by atoms with E-state index in [0.29, 0.717) is 39.9 Å². The van der Waals surface area contributed by atoms with Crippen LogP contribution >= 0.6 is 0 Å². The maximum Gasteiger partial charge on any atom is 0.238 e. The first-order valence-corrected chi connectivity index (χ1v) is 17.0. The Kier molecular flexibility index (Phi) is 7.40. The molecule has 2 amide bonds. The third-order valence-corrected chi connectivity index (χ3v) is 11.5. The number of fused-ring (bicyclic) bond motifs is 4. The second-order valence-corrected chi connectivity index (χ2v) is 13.9. The molecule has 0 radical (unpaired) electrons. The van der Waals surface area contributed by atoms with Crippen LogP contribution in [0.3, 0.4) is 0 Å². The monoisotopic (exact) mass is 661 g/mol. The van der Waals surface area contributed by atoms with Crippen LogP contribution in [0.4, 0.5) is 5.69 Å². The molecular formula is C43H35NO6. The van der Waals surface area contributed by atoms with E-state index in [1.165, 1.54) is 17.9 Å². The average Bonchev–Trinajstić information content (AvgIpc) is 3.39. The van der Waals surface area contributed by atoms with Gasteiger partial charge in [0.25, 0.3) is 0 Å². The number of nitrogens with zero attached hydrogens (tertiary/aromatic N) is 1. The van der Waals surface area contributed by atoms with Gasteiger partial charge in [-0.15, -0.1) is 0 Å². The topological polar surface area (TPSA) is 109 Å². The zero-order chi connectivity index (χ0) is 34.9. The van der Waals surface area contributed by atoms with Crippen molar-refractivity contribution in [1.29, 1.82) is 0 Å². The van der Waals surface area contributed by atoms with Crippen LogP contribution in [0.5, 0.6) is 5.75 Å². The molecule has 8 rings (SSSR count). The molecule has 1 aliphatic heterocycles. The standard InChI is InChI=1S/C43H35NO6/c1-24-21-28(15-20-36(24)46)39-31-18-19-32-38(42(50)44(41(32)49)30-16-13-26(14-17-30)25(2)45)34(31)22-35-40(48)33(27-9-5-3-6-10-27)23-37(47)43(35,39)29-11-7-4-8-12-29/h3-18,20-21,23,32,34-35,38-39,46H,19,22H2,1-2H3/t32-,34+,35-,38-,39-,43-/m0/s1. The van der Waals surface area contributed by atoms with E-state index in [0.717, 1.165) is 11.1 Å². The van der Waals surface area contributed by atoms with Gasteiger partial charge in [-0.05, 0) is 91.3 Å². The van der Waals surface area contributed by atoms with Gasteiger partial charge in [-0.1, -0.05) is 84.4 Å². The number of carbonyl (C=O) groups is 5. The number of phenolic OH excluding ortho intramolecular Hbond substituents is 1. The van der Waals surface area contributed by atoms with Crippen LogP contribution in [0.2, 0.25) is 0 Å². The Morgan fingerprint density at radius 3 is 2.16 bits per heavy atom. The summed E-state index contributed by atoms with van der Waals surface area (Å²) in [7, 11) is 0. The van der Waals surface area contributed by atoms with Crippen molar-refractivity contribution in [1.82, 2.24) is 0 Å². The molecule has 1 saturated carbocycles. The highest BCUT2D eigenvalue weighted by Gasteiger charge is 2.66. The van der Waals surface area contributed by atoms with E-state index in [9.17, 15) is 24.3 Å². The number of benzene rings is 4. The second kappa shape index (κ2) is 11.7. The predicted octanol–water partition coefficient (Wildman–Crippen LogP) is 6.93. The maximum absolute atomic E-state index is 15.1. The summed E-state index contributed by atoms with van der Waals surface area (Å²) < 4.78 is 0. The zero-order valence-electron chi connectivity index (χ0n) is 27.7. The van der Waals surface area contributed by atoms with Crippen LogP contribution in [-0.2, 0) is 24.6 Å². The van der Waals surface area contributed by atoms with Crippen LogP contribution in [0, 0.1) is 30.6 Å². The van der Waals surface area contributed by atoms with E-state index < -0.39 is 35.0 Å². The van der Waals surface area contributed by atoms with Crippen molar-refractivity contribution in [3.8, 4) is 5.75 Å². The van der Waals surface area contributed by atoms with Crippen molar-refractivity contribution < 1.29 is 29.1 Å². The van der Waals surface area contributed by atoms with E-state index >= 15 is 4.79 Å². The van der Waals surface area contributed by atoms with Crippen molar-refractivity contribution in [2.75, 3.05) is 4.90 Å². The first-order chi connectivity index (χ1) is 24.1. The number of aryl methyl sites for hydroxylation is 1. The summed E-state index contributed by atoms with van der Waals surface area (Å²) in [6, 6.07) is 30.4. The SMILES string of the molecule is CC(=O)c1ccc(N2C(=O)[C@H]3[C@H](CC=C4[C@H]3C[C@H]3C(=O)C(c5ccccc5)=CC(=O)[C@@]3(c3ccccc3)[C@H]4c3ccc(O)c(C)c3)C2=O)cc1. The van der Waals surface area contributed by atoms with Crippen molar-refractivity contribution in [3.63, 3.8) is 0 Å². The first kappa shape index (κ1) is 31.6. The van der Waals surface area contributed by atoms with E-state index in [-0.39, 0.29) is 41.3 Å². The Morgan fingerprint density at radius 2 is 1.50 bits per heavy atom. The quantitative estimate of drug-likeness (QED) is 0.141.